The maximum atomic E-state index is 15.2. The SMILES string of the molecule is CC(C)[C@H](c1cccc(Cl)c1)[C@H](N)C(=O)Cc1cccc(F)c1CC[C@H]1CNC[C@H](C)N1S(=O)(=O)c1ccccc1. The van der Waals surface area contributed by atoms with Crippen molar-refractivity contribution in [1.82, 2.24) is 9.62 Å². The van der Waals surface area contributed by atoms with E-state index < -0.39 is 21.9 Å². The molecule has 1 fully saturated rings. The summed E-state index contributed by atoms with van der Waals surface area (Å²) in [5.41, 5.74) is 8.44. The maximum absolute atomic E-state index is 15.2. The Morgan fingerprint density at radius 2 is 1.78 bits per heavy atom. The minimum atomic E-state index is -3.74. The summed E-state index contributed by atoms with van der Waals surface area (Å²) in [7, 11) is -3.74. The highest BCUT2D eigenvalue weighted by Crippen LogP contribution is 2.31. The highest BCUT2D eigenvalue weighted by Gasteiger charge is 2.38. The molecule has 0 spiro atoms. The van der Waals surface area contributed by atoms with E-state index in [0.717, 1.165) is 5.56 Å². The van der Waals surface area contributed by atoms with Crippen LogP contribution in [0.4, 0.5) is 4.39 Å². The second-order valence-electron chi connectivity index (χ2n) is 11.2. The second kappa shape index (κ2) is 13.6. The molecule has 0 bridgehead atoms. The first-order valence-corrected chi connectivity index (χ1v) is 15.9. The van der Waals surface area contributed by atoms with Crippen molar-refractivity contribution < 1.29 is 17.6 Å². The van der Waals surface area contributed by atoms with Crippen LogP contribution in [0.1, 0.15) is 49.8 Å². The number of piperazine rings is 1. The molecule has 4 rings (SSSR count). The fourth-order valence-corrected chi connectivity index (χ4v) is 8.03. The van der Waals surface area contributed by atoms with E-state index in [2.05, 4.69) is 5.32 Å². The van der Waals surface area contributed by atoms with Gasteiger partial charge >= 0.3 is 0 Å². The molecular formula is C32H39ClFN3O3S. The summed E-state index contributed by atoms with van der Waals surface area (Å²) >= 11 is 6.21. The van der Waals surface area contributed by atoms with Crippen molar-refractivity contribution >= 4 is 27.4 Å². The Bertz CT molecular complexity index is 1450. The molecule has 3 aromatic carbocycles. The van der Waals surface area contributed by atoms with Gasteiger partial charge in [-0.2, -0.15) is 4.31 Å². The predicted molar refractivity (Wildman–Crippen MR) is 162 cm³/mol. The number of carbonyl (C=O) groups is 1. The number of ketones is 1. The Hall–Kier alpha value is -2.62. The van der Waals surface area contributed by atoms with Crippen molar-refractivity contribution in [1.29, 1.82) is 0 Å². The largest absolute Gasteiger partial charge is 0.321 e. The number of benzene rings is 3. The molecule has 3 aromatic rings. The average molecular weight is 600 g/mol. The third kappa shape index (κ3) is 7.24. The maximum Gasteiger partial charge on any atom is 0.243 e. The summed E-state index contributed by atoms with van der Waals surface area (Å²) in [6.45, 7) is 6.89. The molecule has 41 heavy (non-hydrogen) atoms. The van der Waals surface area contributed by atoms with Crippen LogP contribution in [0.25, 0.3) is 0 Å². The summed E-state index contributed by atoms with van der Waals surface area (Å²) < 4.78 is 43.9. The van der Waals surface area contributed by atoms with Crippen LogP contribution in [-0.2, 0) is 27.7 Å². The molecule has 1 aliphatic rings. The van der Waals surface area contributed by atoms with E-state index in [9.17, 15) is 13.2 Å². The van der Waals surface area contributed by atoms with Gasteiger partial charge < -0.3 is 11.1 Å². The highest BCUT2D eigenvalue weighted by atomic mass is 35.5. The molecule has 1 saturated heterocycles. The Morgan fingerprint density at radius 1 is 1.07 bits per heavy atom. The minimum absolute atomic E-state index is 0.0105. The zero-order chi connectivity index (χ0) is 29.7. The fraction of sp³-hybridized carbons (Fsp3) is 0.406. The van der Waals surface area contributed by atoms with Gasteiger partial charge in [-0.3, -0.25) is 4.79 Å². The van der Waals surface area contributed by atoms with Gasteiger partial charge in [-0.15, -0.1) is 0 Å². The molecule has 0 aliphatic carbocycles. The Kier molecular flexibility index (Phi) is 10.4. The van der Waals surface area contributed by atoms with Gasteiger partial charge in [0.05, 0.1) is 10.9 Å². The normalized spacial score (nSPS) is 19.7. The summed E-state index contributed by atoms with van der Waals surface area (Å²) in [5.74, 6) is -0.757. The first kappa shape index (κ1) is 31.3. The molecule has 3 N–H and O–H groups in total. The first-order chi connectivity index (χ1) is 19.5. The molecule has 9 heteroatoms. The number of carbonyl (C=O) groups excluding carboxylic acids is 1. The van der Waals surface area contributed by atoms with E-state index in [1.54, 1.807) is 52.8 Å². The van der Waals surface area contributed by atoms with Crippen molar-refractivity contribution in [3.8, 4) is 0 Å². The van der Waals surface area contributed by atoms with Gasteiger partial charge in [-0.25, -0.2) is 12.8 Å². The molecular weight excluding hydrogens is 561 g/mol. The van der Waals surface area contributed by atoms with Crippen LogP contribution in [0.3, 0.4) is 0 Å². The molecule has 0 saturated carbocycles. The average Bonchev–Trinajstić information content (AvgIpc) is 2.93. The topological polar surface area (TPSA) is 92.5 Å². The predicted octanol–water partition coefficient (Wildman–Crippen LogP) is 5.34. The van der Waals surface area contributed by atoms with Crippen molar-refractivity contribution in [2.75, 3.05) is 13.1 Å². The molecule has 0 aromatic heterocycles. The zero-order valence-corrected chi connectivity index (χ0v) is 25.3. The van der Waals surface area contributed by atoms with Crippen LogP contribution in [-0.4, -0.2) is 49.7 Å². The van der Waals surface area contributed by atoms with Gasteiger partial charge in [-0.05, 0) is 72.7 Å². The summed E-state index contributed by atoms with van der Waals surface area (Å²) in [6.07, 6.45) is 0.671. The summed E-state index contributed by atoms with van der Waals surface area (Å²) in [5, 5.41) is 3.89. The molecule has 1 aliphatic heterocycles. The van der Waals surface area contributed by atoms with Gasteiger partial charge in [0.2, 0.25) is 10.0 Å². The van der Waals surface area contributed by atoms with E-state index in [-0.39, 0.29) is 47.4 Å². The summed E-state index contributed by atoms with van der Waals surface area (Å²) in [4.78, 5) is 13.7. The molecule has 1 heterocycles. The third-order valence-electron chi connectivity index (χ3n) is 7.95. The minimum Gasteiger partial charge on any atom is -0.321 e. The lowest BCUT2D eigenvalue weighted by molar-refractivity contribution is -0.120. The standard InChI is InChI=1S/C32H39ClFN3O3S/c1-21(2)31(24-10-7-11-25(33)17-24)32(35)30(38)18-23-9-8-14-29(34)28(23)16-15-26-20-36-19-22(3)37(26)41(39,40)27-12-5-4-6-13-27/h4-14,17,21-22,26,31-32,36H,15-16,18-20,35H2,1-3H3/t22-,26-,31+,32+/m0/s1. The van der Waals surface area contributed by atoms with Crippen LogP contribution < -0.4 is 11.1 Å². The van der Waals surface area contributed by atoms with Crippen molar-refractivity contribution in [2.45, 2.75) is 69.0 Å². The number of Topliss-reactive ketones (excluding diaryl/α,β-unsaturated/α-hetero) is 1. The van der Waals surface area contributed by atoms with Gasteiger partial charge in [0.15, 0.2) is 5.78 Å². The smallest absolute Gasteiger partial charge is 0.243 e. The molecule has 6 nitrogen and oxygen atoms in total. The van der Waals surface area contributed by atoms with E-state index in [1.807, 2.05) is 39.0 Å². The number of halogens is 2. The number of nitrogens with one attached hydrogen (secondary N) is 1. The molecule has 0 unspecified atom stereocenters. The van der Waals surface area contributed by atoms with E-state index in [4.69, 9.17) is 17.3 Å². The van der Waals surface area contributed by atoms with E-state index >= 15 is 4.39 Å². The van der Waals surface area contributed by atoms with Crippen molar-refractivity contribution in [2.24, 2.45) is 11.7 Å². The zero-order valence-electron chi connectivity index (χ0n) is 23.8. The number of nitrogens with two attached hydrogens (primary N) is 1. The van der Waals surface area contributed by atoms with Crippen molar-refractivity contribution in [3.05, 3.63) is 100 Å². The van der Waals surface area contributed by atoms with Gasteiger partial charge in [0, 0.05) is 42.5 Å². The highest BCUT2D eigenvalue weighted by molar-refractivity contribution is 7.89. The third-order valence-corrected chi connectivity index (χ3v) is 10.3. The Balaban J connectivity index is 1.54. The molecule has 4 atom stereocenters. The molecule has 220 valence electrons. The number of hydrogen-bond donors (Lipinski definition) is 2. The monoisotopic (exact) mass is 599 g/mol. The Labute approximate surface area is 248 Å². The van der Waals surface area contributed by atoms with Gasteiger partial charge in [0.1, 0.15) is 5.82 Å². The van der Waals surface area contributed by atoms with Gasteiger partial charge in [0.25, 0.3) is 0 Å². The summed E-state index contributed by atoms with van der Waals surface area (Å²) in [6, 6.07) is 19.1. The Morgan fingerprint density at radius 3 is 2.46 bits per heavy atom. The van der Waals surface area contributed by atoms with E-state index in [0.29, 0.717) is 35.7 Å². The number of hydrogen-bond acceptors (Lipinski definition) is 5. The van der Waals surface area contributed by atoms with E-state index in [1.165, 1.54) is 6.07 Å². The number of nitrogens with zero attached hydrogens (tertiary/aromatic N) is 1. The quantitative estimate of drug-likeness (QED) is 0.310. The number of sulfonamides is 1. The van der Waals surface area contributed by atoms with Gasteiger partial charge in [-0.1, -0.05) is 67.9 Å². The van der Waals surface area contributed by atoms with Crippen LogP contribution in [0, 0.1) is 11.7 Å². The first-order valence-electron chi connectivity index (χ1n) is 14.1. The lowest BCUT2D eigenvalue weighted by atomic mass is 9.80. The lowest BCUT2D eigenvalue weighted by Crippen LogP contribution is -2.58. The van der Waals surface area contributed by atoms with Crippen LogP contribution in [0.2, 0.25) is 5.02 Å². The van der Waals surface area contributed by atoms with Crippen LogP contribution >= 0.6 is 11.6 Å². The van der Waals surface area contributed by atoms with Crippen molar-refractivity contribution in [3.63, 3.8) is 0 Å². The molecule has 0 amide bonds. The fourth-order valence-electron chi connectivity index (χ4n) is 5.96. The second-order valence-corrected chi connectivity index (χ2v) is 13.5. The lowest BCUT2D eigenvalue weighted by Gasteiger charge is -2.40. The van der Waals surface area contributed by atoms with Crippen LogP contribution in [0.5, 0.6) is 0 Å². The van der Waals surface area contributed by atoms with Crippen LogP contribution in [0.15, 0.2) is 77.7 Å². The molecule has 0 radical (unpaired) electrons. The number of rotatable bonds is 11.